The van der Waals surface area contributed by atoms with Crippen LogP contribution in [-0.4, -0.2) is 5.66 Å². The summed E-state index contributed by atoms with van der Waals surface area (Å²) in [6.07, 6.45) is 5.75. The summed E-state index contributed by atoms with van der Waals surface area (Å²) in [6, 6.07) is 0. The van der Waals surface area contributed by atoms with Crippen molar-refractivity contribution in [3.8, 4) is 0 Å². The Morgan fingerprint density at radius 3 is 2.27 bits per heavy atom. The molecule has 0 aromatic carbocycles. The first-order valence-corrected chi connectivity index (χ1v) is 6.33. The molecule has 0 N–H and O–H groups in total. The second-order valence-electron chi connectivity index (χ2n) is 3.17. The SMILES string of the molecule is CC1CCCC([PH2]=S)C1.Cl.Cl. The lowest BCUT2D eigenvalue weighted by molar-refractivity contribution is 0.394. The van der Waals surface area contributed by atoms with Crippen molar-refractivity contribution in [3.05, 3.63) is 0 Å². The molecule has 1 aliphatic rings. The summed E-state index contributed by atoms with van der Waals surface area (Å²) in [5.74, 6) is 0.971. The number of halogens is 2. The Morgan fingerprint density at radius 1 is 1.27 bits per heavy atom. The molecule has 0 saturated heterocycles. The summed E-state index contributed by atoms with van der Waals surface area (Å²) in [7, 11) is 0.348. The van der Waals surface area contributed by atoms with Gasteiger partial charge in [0.2, 0.25) is 0 Å². The molecule has 0 heterocycles. The largest absolute Gasteiger partial charge is 0.147 e. The molecule has 0 amide bonds. The van der Waals surface area contributed by atoms with Crippen LogP contribution in [0.2, 0.25) is 0 Å². The standard InChI is InChI=1S/C7H15PS.2ClH/c1-6-3-2-4-7(5-6)8-9;;/h6-7H,2-5,8H2,1H3;2*1H. The molecule has 1 fully saturated rings. The van der Waals surface area contributed by atoms with Crippen LogP contribution in [0.15, 0.2) is 0 Å². The highest BCUT2D eigenvalue weighted by molar-refractivity contribution is 7.96. The molecule has 4 heteroatoms. The lowest BCUT2D eigenvalue weighted by atomic mass is 9.91. The van der Waals surface area contributed by atoms with Gasteiger partial charge < -0.3 is 0 Å². The van der Waals surface area contributed by atoms with E-state index in [1.165, 1.54) is 25.7 Å². The van der Waals surface area contributed by atoms with Crippen LogP contribution in [0.1, 0.15) is 32.6 Å². The Balaban J connectivity index is 0. The first-order chi connectivity index (χ1) is 4.33. The van der Waals surface area contributed by atoms with Crippen molar-refractivity contribution in [3.63, 3.8) is 0 Å². The molecule has 0 nitrogen and oxygen atoms in total. The van der Waals surface area contributed by atoms with E-state index < -0.39 is 0 Å². The summed E-state index contributed by atoms with van der Waals surface area (Å²) < 4.78 is 0. The summed E-state index contributed by atoms with van der Waals surface area (Å²) in [4.78, 5) is 0. The number of hydrogen-bond donors (Lipinski definition) is 0. The fourth-order valence-electron chi connectivity index (χ4n) is 1.60. The molecule has 3 atom stereocenters. The molecule has 0 aromatic heterocycles. The van der Waals surface area contributed by atoms with Crippen molar-refractivity contribution in [1.29, 1.82) is 0 Å². The third kappa shape index (κ3) is 5.47. The molecular weight excluding hydrogens is 218 g/mol. The van der Waals surface area contributed by atoms with Crippen LogP contribution in [0.5, 0.6) is 0 Å². The zero-order chi connectivity index (χ0) is 6.69. The zero-order valence-corrected chi connectivity index (χ0v) is 10.4. The number of rotatable bonds is 1. The third-order valence-electron chi connectivity index (χ3n) is 2.17. The van der Waals surface area contributed by atoms with Gasteiger partial charge in [-0.2, -0.15) is 0 Å². The van der Waals surface area contributed by atoms with Gasteiger partial charge in [-0.1, -0.05) is 27.1 Å². The van der Waals surface area contributed by atoms with E-state index in [2.05, 4.69) is 6.92 Å². The first-order valence-electron chi connectivity index (χ1n) is 3.78. The molecule has 3 unspecified atom stereocenters. The molecule has 0 aromatic rings. The van der Waals surface area contributed by atoms with Crippen molar-refractivity contribution in [2.24, 2.45) is 5.92 Å². The molecule has 1 aliphatic carbocycles. The fourth-order valence-corrected chi connectivity index (χ4v) is 3.29. The molecule has 0 bridgehead atoms. The van der Waals surface area contributed by atoms with E-state index >= 15 is 0 Å². The van der Waals surface area contributed by atoms with Gasteiger partial charge in [0.15, 0.2) is 0 Å². The second kappa shape index (κ2) is 7.86. The summed E-state index contributed by atoms with van der Waals surface area (Å²) in [6.45, 7) is 2.36. The van der Waals surface area contributed by atoms with Crippen molar-refractivity contribution in [2.45, 2.75) is 38.3 Å². The molecule has 0 radical (unpaired) electrons. The normalized spacial score (nSPS) is 31.0. The van der Waals surface area contributed by atoms with Gasteiger partial charge in [-0.25, -0.2) is 0 Å². The minimum Gasteiger partial charge on any atom is -0.147 e. The maximum Gasteiger partial charge on any atom is -0.0167 e. The topological polar surface area (TPSA) is 0 Å². The van der Waals surface area contributed by atoms with Gasteiger partial charge in [-0.3, -0.25) is 0 Å². The van der Waals surface area contributed by atoms with E-state index in [0.29, 0.717) is 7.36 Å². The minimum atomic E-state index is 0. The van der Waals surface area contributed by atoms with Crippen LogP contribution >= 0.6 is 32.2 Å². The van der Waals surface area contributed by atoms with Gasteiger partial charge in [0.05, 0.1) is 0 Å². The Hall–Kier alpha value is 1.23. The predicted molar refractivity (Wildman–Crippen MR) is 63.0 cm³/mol. The third-order valence-corrected chi connectivity index (χ3v) is 4.31. The van der Waals surface area contributed by atoms with Crippen molar-refractivity contribution < 1.29 is 0 Å². The zero-order valence-electron chi connectivity index (χ0n) is 6.79. The monoisotopic (exact) mass is 234 g/mol. The summed E-state index contributed by atoms with van der Waals surface area (Å²) in [5.41, 5.74) is 0.962. The van der Waals surface area contributed by atoms with E-state index in [-0.39, 0.29) is 24.8 Å². The highest BCUT2D eigenvalue weighted by Gasteiger charge is 2.15. The molecule has 1 saturated carbocycles. The Kier molecular flexibility index (Phi) is 10.5. The smallest absolute Gasteiger partial charge is 0.0167 e. The van der Waals surface area contributed by atoms with Crippen LogP contribution in [0.3, 0.4) is 0 Å². The van der Waals surface area contributed by atoms with Crippen LogP contribution in [0.25, 0.3) is 0 Å². The molecule has 0 aliphatic heterocycles. The van der Waals surface area contributed by atoms with Crippen molar-refractivity contribution in [2.75, 3.05) is 0 Å². The predicted octanol–water partition coefficient (Wildman–Crippen LogP) is 3.28. The average molecular weight is 235 g/mol. The van der Waals surface area contributed by atoms with Crippen LogP contribution in [-0.2, 0) is 11.8 Å². The van der Waals surface area contributed by atoms with Gasteiger partial charge in [-0.15, -0.1) is 36.6 Å². The van der Waals surface area contributed by atoms with E-state index in [1.807, 2.05) is 0 Å². The highest BCUT2D eigenvalue weighted by Crippen LogP contribution is 2.30. The van der Waals surface area contributed by atoms with E-state index in [9.17, 15) is 0 Å². The Labute approximate surface area is 88.2 Å². The van der Waals surface area contributed by atoms with E-state index in [4.69, 9.17) is 11.8 Å². The second-order valence-corrected chi connectivity index (χ2v) is 5.20. The average Bonchev–Trinajstić information content (AvgIpc) is 1.88. The summed E-state index contributed by atoms with van der Waals surface area (Å²) in [5, 5.41) is 0. The van der Waals surface area contributed by atoms with Crippen LogP contribution < -0.4 is 0 Å². The Morgan fingerprint density at radius 2 is 1.91 bits per heavy atom. The number of hydrogen-bond acceptors (Lipinski definition) is 1. The minimum absolute atomic E-state index is 0. The molecule has 11 heavy (non-hydrogen) atoms. The fraction of sp³-hybridized carbons (Fsp3) is 1.00. The molecule has 70 valence electrons. The summed E-state index contributed by atoms with van der Waals surface area (Å²) >= 11 is 5.11. The Bertz CT molecular complexity index is 111. The van der Waals surface area contributed by atoms with Gasteiger partial charge >= 0.3 is 0 Å². The van der Waals surface area contributed by atoms with Crippen LogP contribution in [0, 0.1) is 5.92 Å². The van der Waals surface area contributed by atoms with E-state index in [1.54, 1.807) is 0 Å². The lowest BCUT2D eigenvalue weighted by Gasteiger charge is -2.23. The van der Waals surface area contributed by atoms with E-state index in [0.717, 1.165) is 11.6 Å². The van der Waals surface area contributed by atoms with Crippen LogP contribution in [0.4, 0.5) is 0 Å². The van der Waals surface area contributed by atoms with Gasteiger partial charge in [0.1, 0.15) is 0 Å². The van der Waals surface area contributed by atoms with Crippen molar-refractivity contribution >= 4 is 44.0 Å². The first kappa shape index (κ1) is 14.7. The van der Waals surface area contributed by atoms with Gasteiger partial charge in [0.25, 0.3) is 0 Å². The molecule has 0 spiro atoms. The molecular formula is C7H17Cl2PS. The van der Waals surface area contributed by atoms with Gasteiger partial charge in [-0.05, 0) is 24.4 Å². The van der Waals surface area contributed by atoms with Gasteiger partial charge in [0, 0.05) is 0 Å². The quantitative estimate of drug-likeness (QED) is 0.628. The maximum atomic E-state index is 5.11. The lowest BCUT2D eigenvalue weighted by Crippen LogP contribution is -2.12. The highest BCUT2D eigenvalue weighted by atomic mass is 35.5. The molecule has 1 rings (SSSR count). The van der Waals surface area contributed by atoms with Crippen molar-refractivity contribution in [1.82, 2.24) is 0 Å². The maximum absolute atomic E-state index is 5.11.